The Labute approximate surface area is 325 Å². The van der Waals surface area contributed by atoms with E-state index in [0.717, 1.165) is 61.6 Å². The van der Waals surface area contributed by atoms with Crippen LogP contribution in [0.1, 0.15) is 22.3 Å². The first-order valence-electron chi connectivity index (χ1n) is 18.9. The number of ether oxygens (including phenoxy) is 1. The van der Waals surface area contributed by atoms with E-state index < -0.39 is 5.41 Å². The third-order valence-electron chi connectivity index (χ3n) is 11.2. The summed E-state index contributed by atoms with van der Waals surface area (Å²) >= 11 is 0. The van der Waals surface area contributed by atoms with E-state index in [4.69, 9.17) is 19.7 Å². The first-order chi connectivity index (χ1) is 27.8. The molecule has 0 N–H and O–H groups in total. The summed E-state index contributed by atoms with van der Waals surface area (Å²) in [7, 11) is 0. The molecule has 11 rings (SSSR count). The van der Waals surface area contributed by atoms with Crippen LogP contribution in [0.25, 0.3) is 67.5 Å². The molecule has 1 aliphatic carbocycles. The molecule has 2 aliphatic rings. The van der Waals surface area contributed by atoms with Gasteiger partial charge in [-0.3, -0.25) is 0 Å². The molecule has 262 valence electrons. The molecular formula is C52H33N3O. The lowest BCUT2D eigenvalue weighted by atomic mass is 9.65. The standard InChI is InChI=1S/C52H33N3O/c1-3-17-34(18-4-1)49-53-50(35-19-5-2-6-20-35)55-51(54-49)42-26-10-9-23-39(42)38-22-8-7-21-37(38)36-31-32-48-46(33-36)52(45-29-15-16-30-47(45)56-48)43-27-13-11-24-40(43)41-25-12-14-28-44(41)52/h1-33H. The molecule has 4 heteroatoms. The number of para-hydroxylation sites is 1. The SMILES string of the molecule is c1ccc(-c2nc(-c3ccccc3)nc(-c3ccccc3-c3ccccc3-c3ccc4c(c3)C3(c5ccccc5O4)c4ccccc4-c4ccccc43)n2)cc1. The molecule has 1 aliphatic heterocycles. The van der Waals surface area contributed by atoms with Crippen molar-refractivity contribution in [3.05, 3.63) is 222 Å². The van der Waals surface area contributed by atoms with Crippen LogP contribution in [0.3, 0.4) is 0 Å². The Morgan fingerprint density at radius 3 is 1.32 bits per heavy atom. The van der Waals surface area contributed by atoms with Crippen molar-refractivity contribution in [2.24, 2.45) is 0 Å². The molecule has 0 fully saturated rings. The molecule has 4 nitrogen and oxygen atoms in total. The van der Waals surface area contributed by atoms with Crippen LogP contribution in [0.5, 0.6) is 11.5 Å². The number of benzene rings is 8. The zero-order valence-corrected chi connectivity index (χ0v) is 30.3. The van der Waals surface area contributed by atoms with Gasteiger partial charge in [-0.05, 0) is 62.7 Å². The Kier molecular flexibility index (Phi) is 7.36. The van der Waals surface area contributed by atoms with Crippen molar-refractivity contribution in [2.45, 2.75) is 5.41 Å². The predicted molar refractivity (Wildman–Crippen MR) is 224 cm³/mol. The fraction of sp³-hybridized carbons (Fsp3) is 0.0192. The van der Waals surface area contributed by atoms with Crippen LogP contribution in [-0.2, 0) is 5.41 Å². The highest BCUT2D eigenvalue weighted by molar-refractivity contribution is 5.93. The number of fused-ring (bicyclic) bond motifs is 9. The van der Waals surface area contributed by atoms with Gasteiger partial charge >= 0.3 is 0 Å². The molecule has 2 heterocycles. The van der Waals surface area contributed by atoms with Crippen molar-refractivity contribution in [3.63, 3.8) is 0 Å². The maximum atomic E-state index is 6.75. The van der Waals surface area contributed by atoms with E-state index in [-0.39, 0.29) is 0 Å². The summed E-state index contributed by atoms with van der Waals surface area (Å²) in [4.78, 5) is 15.2. The highest BCUT2D eigenvalue weighted by atomic mass is 16.5. The second kappa shape index (κ2) is 12.9. The molecule has 0 atom stereocenters. The average Bonchev–Trinajstić information content (AvgIpc) is 3.57. The van der Waals surface area contributed by atoms with Crippen LogP contribution < -0.4 is 4.74 Å². The first kappa shape index (κ1) is 32.0. The molecule has 0 bridgehead atoms. The minimum absolute atomic E-state index is 0.549. The fourth-order valence-electron chi connectivity index (χ4n) is 8.84. The maximum Gasteiger partial charge on any atom is 0.164 e. The summed E-state index contributed by atoms with van der Waals surface area (Å²) < 4.78 is 6.75. The highest BCUT2D eigenvalue weighted by Gasteiger charge is 2.51. The largest absolute Gasteiger partial charge is 0.457 e. The van der Waals surface area contributed by atoms with E-state index in [1.165, 1.54) is 22.3 Å². The Bertz CT molecular complexity index is 2850. The Morgan fingerprint density at radius 1 is 0.286 bits per heavy atom. The molecular weight excluding hydrogens is 683 g/mol. The van der Waals surface area contributed by atoms with Gasteiger partial charge in [0, 0.05) is 27.8 Å². The number of hydrogen-bond donors (Lipinski definition) is 0. The van der Waals surface area contributed by atoms with Crippen molar-refractivity contribution in [2.75, 3.05) is 0 Å². The van der Waals surface area contributed by atoms with Gasteiger partial charge in [0.1, 0.15) is 11.5 Å². The molecule has 0 saturated carbocycles. The topological polar surface area (TPSA) is 47.9 Å². The number of aromatic nitrogens is 3. The molecule has 56 heavy (non-hydrogen) atoms. The molecule has 1 aromatic heterocycles. The van der Waals surface area contributed by atoms with Crippen molar-refractivity contribution in [3.8, 4) is 79.0 Å². The summed E-state index contributed by atoms with van der Waals surface area (Å²) in [6, 6.07) is 70.2. The van der Waals surface area contributed by atoms with Gasteiger partial charge in [-0.2, -0.15) is 0 Å². The van der Waals surface area contributed by atoms with Crippen molar-refractivity contribution < 1.29 is 4.74 Å². The van der Waals surface area contributed by atoms with Gasteiger partial charge < -0.3 is 4.74 Å². The second-order valence-corrected chi connectivity index (χ2v) is 14.3. The van der Waals surface area contributed by atoms with Gasteiger partial charge in [0.25, 0.3) is 0 Å². The monoisotopic (exact) mass is 715 g/mol. The third-order valence-corrected chi connectivity index (χ3v) is 11.2. The van der Waals surface area contributed by atoms with Gasteiger partial charge in [-0.1, -0.05) is 182 Å². The van der Waals surface area contributed by atoms with Crippen molar-refractivity contribution in [1.82, 2.24) is 15.0 Å². The highest BCUT2D eigenvalue weighted by Crippen LogP contribution is 2.62. The minimum atomic E-state index is -0.549. The lowest BCUT2D eigenvalue weighted by molar-refractivity contribution is 0.436. The molecule has 9 aromatic rings. The molecule has 8 aromatic carbocycles. The van der Waals surface area contributed by atoms with E-state index in [0.29, 0.717) is 17.5 Å². The van der Waals surface area contributed by atoms with E-state index in [1.807, 2.05) is 60.7 Å². The van der Waals surface area contributed by atoms with Crippen LogP contribution in [0.4, 0.5) is 0 Å². The van der Waals surface area contributed by atoms with Gasteiger partial charge in [0.15, 0.2) is 17.5 Å². The first-order valence-corrected chi connectivity index (χ1v) is 18.9. The maximum absolute atomic E-state index is 6.75. The van der Waals surface area contributed by atoms with Crippen molar-refractivity contribution in [1.29, 1.82) is 0 Å². The molecule has 1 spiro atoms. The lowest BCUT2D eigenvalue weighted by Gasteiger charge is -2.39. The molecule has 0 amide bonds. The third kappa shape index (κ3) is 4.89. The minimum Gasteiger partial charge on any atom is -0.457 e. The summed E-state index contributed by atoms with van der Waals surface area (Å²) in [5, 5.41) is 0. The van der Waals surface area contributed by atoms with Crippen LogP contribution in [0, 0.1) is 0 Å². The molecule has 0 unspecified atom stereocenters. The number of rotatable bonds is 5. The van der Waals surface area contributed by atoms with E-state index >= 15 is 0 Å². The van der Waals surface area contributed by atoms with Gasteiger partial charge in [-0.15, -0.1) is 0 Å². The Morgan fingerprint density at radius 2 is 0.714 bits per heavy atom. The smallest absolute Gasteiger partial charge is 0.164 e. The van der Waals surface area contributed by atoms with Crippen molar-refractivity contribution >= 4 is 0 Å². The predicted octanol–water partition coefficient (Wildman–Crippen LogP) is 12.7. The quantitative estimate of drug-likeness (QED) is 0.178. The Hall–Kier alpha value is -7.43. The van der Waals surface area contributed by atoms with E-state index in [9.17, 15) is 0 Å². The summed E-state index contributed by atoms with van der Waals surface area (Å²) in [6.45, 7) is 0. The van der Waals surface area contributed by atoms with Crippen LogP contribution >= 0.6 is 0 Å². The number of nitrogens with zero attached hydrogens (tertiary/aromatic N) is 3. The zero-order valence-electron chi connectivity index (χ0n) is 30.3. The zero-order chi connectivity index (χ0) is 37.1. The van der Waals surface area contributed by atoms with Crippen LogP contribution in [0.2, 0.25) is 0 Å². The molecule has 0 saturated heterocycles. The summed E-state index contributed by atoms with van der Waals surface area (Å²) in [5.74, 6) is 3.64. The van der Waals surface area contributed by atoms with Gasteiger partial charge in [0.05, 0.1) is 5.41 Å². The lowest BCUT2D eigenvalue weighted by Crippen LogP contribution is -2.32. The van der Waals surface area contributed by atoms with Gasteiger partial charge in [0.2, 0.25) is 0 Å². The second-order valence-electron chi connectivity index (χ2n) is 14.3. The van der Waals surface area contributed by atoms with Crippen LogP contribution in [-0.4, -0.2) is 15.0 Å². The van der Waals surface area contributed by atoms with E-state index in [1.54, 1.807) is 0 Å². The molecule has 0 radical (unpaired) electrons. The van der Waals surface area contributed by atoms with Gasteiger partial charge in [-0.25, -0.2) is 15.0 Å². The number of hydrogen-bond acceptors (Lipinski definition) is 4. The average molecular weight is 716 g/mol. The normalized spacial score (nSPS) is 12.9. The summed E-state index contributed by atoms with van der Waals surface area (Å²) in [5.41, 5.74) is 13.9. The Balaban J connectivity index is 1.11. The fourth-order valence-corrected chi connectivity index (χ4v) is 8.84. The summed E-state index contributed by atoms with van der Waals surface area (Å²) in [6.07, 6.45) is 0. The van der Waals surface area contributed by atoms with Crippen LogP contribution in [0.15, 0.2) is 200 Å². The van der Waals surface area contributed by atoms with E-state index in [2.05, 4.69) is 140 Å².